The summed E-state index contributed by atoms with van der Waals surface area (Å²) >= 11 is 1.71. The first-order valence-electron chi connectivity index (χ1n) is 6.75. The zero-order valence-electron chi connectivity index (χ0n) is 11.0. The van der Waals surface area contributed by atoms with Crippen LogP contribution in [0.15, 0.2) is 35.8 Å². The Hall–Kier alpha value is -1.39. The van der Waals surface area contributed by atoms with Crippen LogP contribution in [0.1, 0.15) is 36.4 Å². The van der Waals surface area contributed by atoms with Crippen LogP contribution in [-0.4, -0.2) is 17.6 Å². The van der Waals surface area contributed by atoms with E-state index in [1.807, 2.05) is 30.6 Å². The topological polar surface area (TPSA) is 34.1 Å². The zero-order valence-corrected chi connectivity index (χ0v) is 11.8. The van der Waals surface area contributed by atoms with Gasteiger partial charge in [0.25, 0.3) is 0 Å². The molecule has 1 N–H and O–H groups in total. The minimum atomic E-state index is 0.211. The summed E-state index contributed by atoms with van der Waals surface area (Å²) in [6, 6.07) is 9.20. The normalized spacial score (nSPS) is 16.3. The molecule has 4 heteroatoms. The van der Waals surface area contributed by atoms with Crippen molar-refractivity contribution in [3.8, 4) is 5.75 Å². The fourth-order valence-corrected chi connectivity index (χ4v) is 2.82. The molecule has 2 aromatic rings. The molecule has 1 aliphatic carbocycles. The first kappa shape index (κ1) is 12.6. The lowest BCUT2D eigenvalue weighted by Crippen LogP contribution is -2.24. The monoisotopic (exact) mass is 274 g/mol. The standard InChI is InChI=1S/C15H18N2OS/c1-2-18-13-7-3-11(4-8-13)14(17-12-5-6-12)15-16-9-10-19-15/h3-4,7-10,12,14,17H,2,5-6H2,1H3. The van der Waals surface area contributed by atoms with Gasteiger partial charge in [-0.3, -0.25) is 0 Å². The van der Waals surface area contributed by atoms with E-state index in [0.29, 0.717) is 12.6 Å². The molecule has 0 amide bonds. The smallest absolute Gasteiger partial charge is 0.119 e. The molecule has 1 saturated carbocycles. The van der Waals surface area contributed by atoms with E-state index in [1.165, 1.54) is 18.4 Å². The van der Waals surface area contributed by atoms with Gasteiger partial charge in [0.2, 0.25) is 0 Å². The highest BCUT2D eigenvalue weighted by atomic mass is 32.1. The first-order valence-corrected chi connectivity index (χ1v) is 7.63. The number of ether oxygens (including phenoxy) is 1. The van der Waals surface area contributed by atoms with Crippen molar-refractivity contribution in [3.05, 3.63) is 46.4 Å². The summed E-state index contributed by atoms with van der Waals surface area (Å²) in [4.78, 5) is 4.46. The Balaban J connectivity index is 1.81. The van der Waals surface area contributed by atoms with Crippen LogP contribution in [0.25, 0.3) is 0 Å². The number of benzene rings is 1. The van der Waals surface area contributed by atoms with Crippen molar-refractivity contribution in [2.75, 3.05) is 6.61 Å². The van der Waals surface area contributed by atoms with Gasteiger partial charge < -0.3 is 10.1 Å². The molecule has 3 nitrogen and oxygen atoms in total. The third-order valence-corrected chi connectivity index (χ3v) is 4.04. The Labute approximate surface area is 117 Å². The van der Waals surface area contributed by atoms with Gasteiger partial charge in [0.15, 0.2) is 0 Å². The van der Waals surface area contributed by atoms with E-state index in [4.69, 9.17) is 4.74 Å². The fourth-order valence-electron chi connectivity index (χ4n) is 2.10. The van der Waals surface area contributed by atoms with E-state index in [1.54, 1.807) is 11.3 Å². The number of aromatic nitrogens is 1. The van der Waals surface area contributed by atoms with Crippen molar-refractivity contribution in [2.24, 2.45) is 0 Å². The molecule has 1 aliphatic rings. The Kier molecular flexibility index (Phi) is 3.80. The van der Waals surface area contributed by atoms with Crippen LogP contribution in [0.2, 0.25) is 0 Å². The van der Waals surface area contributed by atoms with Gasteiger partial charge in [0, 0.05) is 17.6 Å². The van der Waals surface area contributed by atoms with Gasteiger partial charge >= 0.3 is 0 Å². The van der Waals surface area contributed by atoms with Crippen LogP contribution in [0.5, 0.6) is 5.75 Å². The maximum absolute atomic E-state index is 5.49. The molecule has 0 saturated heterocycles. The van der Waals surface area contributed by atoms with Gasteiger partial charge in [-0.15, -0.1) is 11.3 Å². The fraction of sp³-hybridized carbons (Fsp3) is 0.400. The highest BCUT2D eigenvalue weighted by Gasteiger charge is 2.27. The van der Waals surface area contributed by atoms with Crippen molar-refractivity contribution < 1.29 is 4.74 Å². The Morgan fingerprint density at radius 1 is 1.37 bits per heavy atom. The molecule has 1 aromatic carbocycles. The van der Waals surface area contributed by atoms with Crippen molar-refractivity contribution in [3.63, 3.8) is 0 Å². The van der Waals surface area contributed by atoms with Crippen LogP contribution in [0.3, 0.4) is 0 Å². The zero-order chi connectivity index (χ0) is 13.1. The van der Waals surface area contributed by atoms with E-state index in [-0.39, 0.29) is 6.04 Å². The molecule has 1 heterocycles. The highest BCUT2D eigenvalue weighted by Crippen LogP contribution is 2.30. The van der Waals surface area contributed by atoms with E-state index < -0.39 is 0 Å². The predicted molar refractivity (Wildman–Crippen MR) is 77.7 cm³/mol. The summed E-state index contributed by atoms with van der Waals surface area (Å²) in [6.07, 6.45) is 4.42. The molecule has 1 fully saturated rings. The average molecular weight is 274 g/mol. The second-order valence-electron chi connectivity index (χ2n) is 4.75. The maximum Gasteiger partial charge on any atom is 0.119 e. The molecule has 0 aliphatic heterocycles. The lowest BCUT2D eigenvalue weighted by molar-refractivity contribution is 0.340. The first-order chi connectivity index (χ1) is 9.36. The van der Waals surface area contributed by atoms with E-state index in [0.717, 1.165) is 10.8 Å². The molecule has 1 unspecified atom stereocenters. The Morgan fingerprint density at radius 3 is 2.74 bits per heavy atom. The number of hydrogen-bond acceptors (Lipinski definition) is 4. The molecule has 0 radical (unpaired) electrons. The lowest BCUT2D eigenvalue weighted by Gasteiger charge is -2.17. The summed E-state index contributed by atoms with van der Waals surface area (Å²) in [5.41, 5.74) is 1.25. The van der Waals surface area contributed by atoms with Gasteiger partial charge in [0.05, 0.1) is 12.6 Å². The van der Waals surface area contributed by atoms with Gasteiger partial charge in [-0.1, -0.05) is 12.1 Å². The van der Waals surface area contributed by atoms with E-state index in [2.05, 4.69) is 22.4 Å². The lowest BCUT2D eigenvalue weighted by atomic mass is 10.1. The minimum Gasteiger partial charge on any atom is -0.494 e. The minimum absolute atomic E-state index is 0.211. The molecule has 3 rings (SSSR count). The number of thiazole rings is 1. The van der Waals surface area contributed by atoms with Crippen LogP contribution >= 0.6 is 11.3 Å². The molecule has 100 valence electrons. The van der Waals surface area contributed by atoms with Crippen LogP contribution in [0.4, 0.5) is 0 Å². The second-order valence-corrected chi connectivity index (χ2v) is 5.67. The Bertz CT molecular complexity index is 505. The number of rotatable bonds is 6. The summed E-state index contributed by atoms with van der Waals surface area (Å²) in [5, 5.41) is 6.84. The largest absolute Gasteiger partial charge is 0.494 e. The second kappa shape index (κ2) is 5.72. The summed E-state index contributed by atoms with van der Waals surface area (Å²) in [7, 11) is 0. The average Bonchev–Trinajstić information content (AvgIpc) is 3.10. The molecular weight excluding hydrogens is 256 g/mol. The van der Waals surface area contributed by atoms with Crippen LogP contribution in [-0.2, 0) is 0 Å². The SMILES string of the molecule is CCOc1ccc(C(NC2CC2)c2nccs2)cc1. The summed E-state index contributed by atoms with van der Waals surface area (Å²) in [6.45, 7) is 2.70. The third kappa shape index (κ3) is 3.14. The van der Waals surface area contributed by atoms with Crippen molar-refractivity contribution in [1.82, 2.24) is 10.3 Å². The van der Waals surface area contributed by atoms with Crippen LogP contribution < -0.4 is 10.1 Å². The number of hydrogen-bond donors (Lipinski definition) is 1. The highest BCUT2D eigenvalue weighted by molar-refractivity contribution is 7.09. The van der Waals surface area contributed by atoms with Gasteiger partial charge in [-0.25, -0.2) is 4.98 Å². The third-order valence-electron chi connectivity index (χ3n) is 3.20. The van der Waals surface area contributed by atoms with Gasteiger partial charge in [-0.2, -0.15) is 0 Å². The van der Waals surface area contributed by atoms with Crippen molar-refractivity contribution in [2.45, 2.75) is 31.8 Å². The molecular formula is C15H18N2OS. The molecule has 1 atom stereocenters. The predicted octanol–water partition coefficient (Wildman–Crippen LogP) is 3.38. The number of nitrogens with zero attached hydrogens (tertiary/aromatic N) is 1. The van der Waals surface area contributed by atoms with Gasteiger partial charge in [0.1, 0.15) is 10.8 Å². The molecule has 0 spiro atoms. The van der Waals surface area contributed by atoms with Gasteiger partial charge in [-0.05, 0) is 37.5 Å². The van der Waals surface area contributed by atoms with Crippen molar-refractivity contribution >= 4 is 11.3 Å². The van der Waals surface area contributed by atoms with E-state index in [9.17, 15) is 0 Å². The Morgan fingerprint density at radius 2 is 2.16 bits per heavy atom. The molecule has 1 aromatic heterocycles. The van der Waals surface area contributed by atoms with Crippen molar-refractivity contribution in [1.29, 1.82) is 0 Å². The molecule has 0 bridgehead atoms. The molecule has 19 heavy (non-hydrogen) atoms. The quantitative estimate of drug-likeness (QED) is 0.877. The summed E-state index contributed by atoms with van der Waals surface area (Å²) in [5.74, 6) is 0.926. The van der Waals surface area contributed by atoms with E-state index >= 15 is 0 Å². The van der Waals surface area contributed by atoms with Crippen LogP contribution in [0, 0.1) is 0 Å². The maximum atomic E-state index is 5.49. The summed E-state index contributed by atoms with van der Waals surface area (Å²) < 4.78 is 5.49. The number of nitrogens with one attached hydrogen (secondary N) is 1.